The number of hydrogen-bond acceptors (Lipinski definition) is 3. The van der Waals surface area contributed by atoms with E-state index in [1.54, 1.807) is 0 Å². The molecule has 2 saturated heterocycles. The summed E-state index contributed by atoms with van der Waals surface area (Å²) in [5.74, 6) is 0.692. The molecule has 2 fully saturated rings. The Morgan fingerprint density at radius 2 is 2.04 bits per heavy atom. The van der Waals surface area contributed by atoms with Gasteiger partial charge in [-0.2, -0.15) is 0 Å². The Morgan fingerprint density at radius 1 is 1.32 bits per heavy atom. The van der Waals surface area contributed by atoms with Crippen molar-refractivity contribution < 1.29 is 9.53 Å². The molecular formula is C21H28INO2. The van der Waals surface area contributed by atoms with E-state index in [9.17, 15) is 4.79 Å². The minimum absolute atomic E-state index is 0.0493. The van der Waals surface area contributed by atoms with Gasteiger partial charge in [-0.15, -0.1) is 0 Å². The van der Waals surface area contributed by atoms with E-state index >= 15 is 0 Å². The van der Waals surface area contributed by atoms with Gasteiger partial charge in [-0.1, -0.05) is 66.8 Å². The predicted octanol–water partition coefficient (Wildman–Crippen LogP) is 4.87. The number of rotatable bonds is 5. The molecule has 2 heterocycles. The maximum absolute atomic E-state index is 12.7. The molecule has 0 aromatic heterocycles. The topological polar surface area (TPSA) is 29.5 Å². The predicted molar refractivity (Wildman–Crippen MR) is 110 cm³/mol. The van der Waals surface area contributed by atoms with Crippen molar-refractivity contribution in [3.8, 4) is 0 Å². The van der Waals surface area contributed by atoms with Crippen molar-refractivity contribution in [3.63, 3.8) is 0 Å². The summed E-state index contributed by atoms with van der Waals surface area (Å²) < 4.78 is 7.29. The average Bonchev–Trinajstić information content (AvgIpc) is 2.90. The van der Waals surface area contributed by atoms with E-state index in [4.69, 9.17) is 4.74 Å². The van der Waals surface area contributed by atoms with Crippen LogP contribution in [0.25, 0.3) is 0 Å². The molecule has 0 aliphatic carbocycles. The van der Waals surface area contributed by atoms with E-state index in [-0.39, 0.29) is 17.8 Å². The third kappa shape index (κ3) is 3.80. The second-order valence-electron chi connectivity index (χ2n) is 7.57. The van der Waals surface area contributed by atoms with Crippen LogP contribution in [0, 0.1) is 5.92 Å². The largest absolute Gasteiger partial charge is 0.469 e. The summed E-state index contributed by atoms with van der Waals surface area (Å²) in [6.07, 6.45) is 5.53. The maximum atomic E-state index is 12.7. The first-order chi connectivity index (χ1) is 12.1. The lowest BCUT2D eigenvalue weighted by molar-refractivity contribution is -0.150. The van der Waals surface area contributed by atoms with Crippen LogP contribution in [0.3, 0.4) is 0 Å². The lowest BCUT2D eigenvalue weighted by Crippen LogP contribution is -2.50. The van der Waals surface area contributed by atoms with Crippen molar-refractivity contribution in [2.24, 2.45) is 5.92 Å². The molecule has 2 aliphatic heterocycles. The third-order valence-electron chi connectivity index (χ3n) is 5.97. The summed E-state index contributed by atoms with van der Waals surface area (Å²) in [6, 6.07) is 9.79. The first-order valence-electron chi connectivity index (χ1n) is 9.25. The molecular weight excluding hydrogens is 425 g/mol. The molecule has 3 rings (SSSR count). The van der Waals surface area contributed by atoms with Crippen molar-refractivity contribution in [1.82, 2.24) is 4.90 Å². The number of carbonyl (C=O) groups is 1. The SMILES string of the molecule is COC(=O)[C@H]1C(c2ccc(C(C)C)cc2)C[C@H]2CCC1N2C/C=C/I. The molecule has 0 radical (unpaired) electrons. The molecule has 4 atom stereocenters. The molecule has 25 heavy (non-hydrogen) atoms. The molecule has 2 aliphatic rings. The molecule has 2 unspecified atom stereocenters. The first-order valence-corrected chi connectivity index (χ1v) is 10.5. The molecule has 3 nitrogen and oxygen atoms in total. The lowest BCUT2D eigenvalue weighted by atomic mass is 9.75. The zero-order chi connectivity index (χ0) is 18.0. The Labute approximate surface area is 165 Å². The number of esters is 1. The third-order valence-corrected chi connectivity index (χ3v) is 6.48. The minimum atomic E-state index is -0.0590. The lowest BCUT2D eigenvalue weighted by Gasteiger charge is -2.43. The molecule has 1 aromatic carbocycles. The van der Waals surface area contributed by atoms with Gasteiger partial charge in [-0.05, 0) is 40.4 Å². The van der Waals surface area contributed by atoms with Gasteiger partial charge in [0.2, 0.25) is 0 Å². The molecule has 1 aromatic rings. The number of ether oxygens (including phenoxy) is 1. The average molecular weight is 453 g/mol. The van der Waals surface area contributed by atoms with Crippen molar-refractivity contribution >= 4 is 28.6 Å². The van der Waals surface area contributed by atoms with Crippen LogP contribution in [0.15, 0.2) is 34.4 Å². The van der Waals surface area contributed by atoms with E-state index in [1.807, 2.05) is 0 Å². The molecule has 4 heteroatoms. The molecule has 0 amide bonds. The summed E-state index contributed by atoms with van der Waals surface area (Å²) in [5, 5.41) is 0. The molecule has 2 bridgehead atoms. The zero-order valence-electron chi connectivity index (χ0n) is 15.3. The molecule has 0 N–H and O–H groups in total. The molecule has 0 saturated carbocycles. The fraction of sp³-hybridized carbons (Fsp3) is 0.571. The number of fused-ring (bicyclic) bond motifs is 2. The van der Waals surface area contributed by atoms with E-state index in [1.165, 1.54) is 24.7 Å². The van der Waals surface area contributed by atoms with Crippen LogP contribution in [0.2, 0.25) is 0 Å². The van der Waals surface area contributed by atoms with Crippen LogP contribution in [0.1, 0.15) is 56.1 Å². The van der Waals surface area contributed by atoms with E-state index < -0.39 is 0 Å². The Kier molecular flexibility index (Phi) is 6.21. The van der Waals surface area contributed by atoms with Gasteiger partial charge in [0.05, 0.1) is 13.0 Å². The van der Waals surface area contributed by atoms with Gasteiger partial charge in [0.1, 0.15) is 0 Å². The highest BCUT2D eigenvalue weighted by Crippen LogP contribution is 2.47. The van der Waals surface area contributed by atoms with Crippen molar-refractivity contribution in [2.75, 3.05) is 13.7 Å². The number of halogens is 1. The number of methoxy groups -OCH3 is 1. The van der Waals surface area contributed by atoms with Crippen molar-refractivity contribution in [3.05, 3.63) is 45.6 Å². The van der Waals surface area contributed by atoms with Crippen LogP contribution >= 0.6 is 22.6 Å². The second kappa shape index (κ2) is 8.21. The highest BCUT2D eigenvalue weighted by atomic mass is 127. The fourth-order valence-electron chi connectivity index (χ4n) is 4.69. The van der Waals surface area contributed by atoms with Crippen LogP contribution in [-0.2, 0) is 9.53 Å². The van der Waals surface area contributed by atoms with Gasteiger partial charge < -0.3 is 4.74 Å². The van der Waals surface area contributed by atoms with Gasteiger partial charge in [0, 0.05) is 24.5 Å². The van der Waals surface area contributed by atoms with E-state index in [0.717, 1.165) is 19.4 Å². The summed E-state index contributed by atoms with van der Waals surface area (Å²) in [5.41, 5.74) is 2.65. The highest BCUT2D eigenvalue weighted by Gasteiger charge is 2.50. The van der Waals surface area contributed by atoms with E-state index in [0.29, 0.717) is 18.0 Å². The number of benzene rings is 1. The monoisotopic (exact) mass is 453 g/mol. The first kappa shape index (κ1) is 18.9. The normalized spacial score (nSPS) is 29.5. The van der Waals surface area contributed by atoms with Gasteiger partial charge in [-0.3, -0.25) is 9.69 Å². The Morgan fingerprint density at radius 3 is 2.64 bits per heavy atom. The van der Waals surface area contributed by atoms with Gasteiger partial charge in [0.15, 0.2) is 0 Å². The Hall–Kier alpha value is -0.880. The highest BCUT2D eigenvalue weighted by molar-refractivity contribution is 14.1. The van der Waals surface area contributed by atoms with Crippen LogP contribution in [-0.4, -0.2) is 36.6 Å². The van der Waals surface area contributed by atoms with Gasteiger partial charge in [0.25, 0.3) is 0 Å². The second-order valence-corrected chi connectivity index (χ2v) is 8.29. The summed E-state index contributed by atoms with van der Waals surface area (Å²) in [7, 11) is 1.53. The summed E-state index contributed by atoms with van der Waals surface area (Å²) in [6.45, 7) is 5.36. The zero-order valence-corrected chi connectivity index (χ0v) is 17.5. The van der Waals surface area contributed by atoms with Crippen LogP contribution < -0.4 is 0 Å². The molecule has 136 valence electrons. The van der Waals surface area contributed by atoms with Gasteiger partial charge >= 0.3 is 5.97 Å². The fourth-order valence-corrected chi connectivity index (χ4v) is 4.91. The van der Waals surface area contributed by atoms with Crippen LogP contribution in [0.4, 0.5) is 0 Å². The van der Waals surface area contributed by atoms with Crippen LogP contribution in [0.5, 0.6) is 0 Å². The summed E-state index contributed by atoms with van der Waals surface area (Å²) in [4.78, 5) is 15.2. The van der Waals surface area contributed by atoms with Gasteiger partial charge in [-0.25, -0.2) is 0 Å². The number of hydrogen-bond donors (Lipinski definition) is 0. The van der Waals surface area contributed by atoms with Crippen molar-refractivity contribution in [2.45, 2.75) is 57.0 Å². The summed E-state index contributed by atoms with van der Waals surface area (Å²) >= 11 is 2.27. The van der Waals surface area contributed by atoms with Crippen molar-refractivity contribution in [1.29, 1.82) is 0 Å². The Balaban J connectivity index is 1.89. The molecule has 0 spiro atoms. The maximum Gasteiger partial charge on any atom is 0.310 e. The van der Waals surface area contributed by atoms with E-state index in [2.05, 4.69) is 75.8 Å². The standard InChI is InChI=1S/C21H28INO2/c1-14(2)15-5-7-16(8-6-15)18-13-17-9-10-19(20(18)21(24)25-3)23(17)12-4-11-22/h4-8,11,14,17-20H,9-10,12-13H2,1-3H3/b11-4+/t17-,18?,19?,20+/m1/s1. The number of carbonyl (C=O) groups excluding carboxylic acids is 1. The smallest absolute Gasteiger partial charge is 0.310 e. The minimum Gasteiger partial charge on any atom is -0.469 e. The number of piperidine rings is 1. The Bertz CT molecular complexity index is 625. The number of nitrogens with zero attached hydrogens (tertiary/aromatic N) is 1. The quantitative estimate of drug-likeness (QED) is 0.471.